The molecule has 1 aromatic heterocycles. The van der Waals surface area contributed by atoms with Crippen molar-refractivity contribution in [3.05, 3.63) is 49.9 Å². The Kier molecular flexibility index (Phi) is 4.11. The minimum Gasteiger partial charge on any atom is -0.481 e. The average Bonchev–Trinajstić information content (AvgIpc) is 2.32. The molecule has 0 spiro atoms. The number of nitrogens with zero attached hydrogens (tertiary/aromatic N) is 1. The molecule has 0 radical (unpaired) electrons. The largest absolute Gasteiger partial charge is 0.481 e. The van der Waals surface area contributed by atoms with Gasteiger partial charge < -0.3 is 10.1 Å². The van der Waals surface area contributed by atoms with E-state index < -0.39 is 11.5 Å². The van der Waals surface area contributed by atoms with Crippen LogP contribution in [-0.2, 0) is 11.2 Å². The van der Waals surface area contributed by atoms with Crippen LogP contribution in [0.25, 0.3) is 11.4 Å². The maximum atomic E-state index is 11.9. The second kappa shape index (κ2) is 5.64. The summed E-state index contributed by atoms with van der Waals surface area (Å²) in [6.07, 6.45) is -0.370. The van der Waals surface area contributed by atoms with Crippen LogP contribution in [0.4, 0.5) is 0 Å². The van der Waals surface area contributed by atoms with Gasteiger partial charge in [0, 0.05) is 26.9 Å². The number of hydrogen-bond donors (Lipinski definition) is 2. The topological polar surface area (TPSA) is 83.0 Å². The first-order chi connectivity index (χ1) is 9.36. The fourth-order valence-corrected chi connectivity index (χ4v) is 2.32. The van der Waals surface area contributed by atoms with Crippen molar-refractivity contribution >= 4 is 29.2 Å². The molecule has 7 heteroatoms. The van der Waals surface area contributed by atoms with E-state index in [0.717, 1.165) is 0 Å². The molecule has 5 nitrogen and oxygen atoms in total. The van der Waals surface area contributed by atoms with Gasteiger partial charge in [0.25, 0.3) is 5.56 Å². The molecule has 2 aromatic rings. The minimum absolute atomic E-state index is 0.134. The highest BCUT2D eigenvalue weighted by molar-refractivity contribution is 6.35. The van der Waals surface area contributed by atoms with Crippen LogP contribution in [0.1, 0.15) is 11.3 Å². The summed E-state index contributed by atoms with van der Waals surface area (Å²) >= 11 is 11.8. The number of H-pyrrole nitrogens is 1. The van der Waals surface area contributed by atoms with E-state index in [2.05, 4.69) is 9.97 Å². The van der Waals surface area contributed by atoms with E-state index >= 15 is 0 Å². The summed E-state index contributed by atoms with van der Waals surface area (Å²) in [5.41, 5.74) is 0.576. The van der Waals surface area contributed by atoms with Crippen LogP contribution in [0, 0.1) is 6.92 Å². The summed E-state index contributed by atoms with van der Waals surface area (Å²) in [4.78, 5) is 29.4. The van der Waals surface area contributed by atoms with E-state index in [-0.39, 0.29) is 12.0 Å². The summed E-state index contributed by atoms with van der Waals surface area (Å²) in [6.45, 7) is 1.59. The number of benzene rings is 1. The summed E-state index contributed by atoms with van der Waals surface area (Å²) in [5, 5.41) is 9.60. The Morgan fingerprint density at radius 2 is 1.90 bits per heavy atom. The molecule has 0 unspecified atom stereocenters. The first kappa shape index (κ1) is 14.6. The standard InChI is InChI=1S/C13H10Cl2N2O3/c1-6-10(5-11(18)19)13(20)17-12(16-6)7-2-8(14)4-9(15)3-7/h2-4H,5H2,1H3,(H,18,19)(H,16,17,20). The molecule has 0 aliphatic carbocycles. The third kappa shape index (κ3) is 3.18. The molecule has 0 aliphatic heterocycles. The Morgan fingerprint density at radius 1 is 1.30 bits per heavy atom. The number of carboxylic acid groups (broad SMARTS) is 1. The van der Waals surface area contributed by atoms with Crippen molar-refractivity contribution in [1.82, 2.24) is 9.97 Å². The molecule has 0 atom stereocenters. The highest BCUT2D eigenvalue weighted by Crippen LogP contribution is 2.24. The van der Waals surface area contributed by atoms with Crippen molar-refractivity contribution in [3.63, 3.8) is 0 Å². The van der Waals surface area contributed by atoms with E-state index in [0.29, 0.717) is 27.1 Å². The minimum atomic E-state index is -1.08. The number of hydrogen-bond acceptors (Lipinski definition) is 3. The molecular formula is C13H10Cl2N2O3. The maximum Gasteiger partial charge on any atom is 0.308 e. The molecule has 1 aromatic carbocycles. The van der Waals surface area contributed by atoms with Gasteiger partial charge in [0.2, 0.25) is 0 Å². The van der Waals surface area contributed by atoms with Gasteiger partial charge in [0.1, 0.15) is 5.82 Å². The zero-order valence-corrected chi connectivity index (χ0v) is 11.9. The third-order valence-electron chi connectivity index (χ3n) is 2.69. The smallest absolute Gasteiger partial charge is 0.308 e. The van der Waals surface area contributed by atoms with E-state index in [1.54, 1.807) is 25.1 Å². The number of aromatic nitrogens is 2. The number of aromatic amines is 1. The van der Waals surface area contributed by atoms with E-state index in [9.17, 15) is 9.59 Å². The molecule has 1 heterocycles. The zero-order valence-electron chi connectivity index (χ0n) is 10.4. The summed E-state index contributed by atoms with van der Waals surface area (Å²) in [6, 6.07) is 4.79. The predicted octanol–water partition coefficient (Wildman–Crippen LogP) is 2.68. The first-order valence-electron chi connectivity index (χ1n) is 5.65. The number of nitrogens with one attached hydrogen (secondary N) is 1. The van der Waals surface area contributed by atoms with Crippen molar-refractivity contribution in [2.45, 2.75) is 13.3 Å². The Morgan fingerprint density at radius 3 is 2.40 bits per heavy atom. The molecule has 2 N–H and O–H groups in total. The van der Waals surface area contributed by atoms with Crippen molar-refractivity contribution in [2.75, 3.05) is 0 Å². The van der Waals surface area contributed by atoms with Gasteiger partial charge in [-0.3, -0.25) is 9.59 Å². The van der Waals surface area contributed by atoms with Crippen LogP contribution >= 0.6 is 23.2 Å². The number of aryl methyl sites for hydroxylation is 1. The summed E-state index contributed by atoms with van der Waals surface area (Å²) in [7, 11) is 0. The fourth-order valence-electron chi connectivity index (χ4n) is 1.80. The van der Waals surface area contributed by atoms with Crippen molar-refractivity contribution in [2.24, 2.45) is 0 Å². The SMILES string of the molecule is Cc1nc(-c2cc(Cl)cc(Cl)c2)[nH]c(=O)c1CC(=O)O. The maximum absolute atomic E-state index is 11.9. The lowest BCUT2D eigenvalue weighted by Crippen LogP contribution is -2.20. The molecule has 2 rings (SSSR count). The quantitative estimate of drug-likeness (QED) is 0.912. The predicted molar refractivity (Wildman–Crippen MR) is 76.4 cm³/mol. The first-order valence-corrected chi connectivity index (χ1v) is 6.40. The van der Waals surface area contributed by atoms with Crippen LogP contribution in [-0.4, -0.2) is 21.0 Å². The monoisotopic (exact) mass is 312 g/mol. The van der Waals surface area contributed by atoms with E-state index in [1.165, 1.54) is 0 Å². The van der Waals surface area contributed by atoms with Gasteiger partial charge in [-0.15, -0.1) is 0 Å². The van der Waals surface area contributed by atoms with Crippen LogP contribution in [0.2, 0.25) is 10.0 Å². The lowest BCUT2D eigenvalue weighted by atomic mass is 10.1. The zero-order chi connectivity index (χ0) is 14.9. The fraction of sp³-hybridized carbons (Fsp3) is 0.154. The van der Waals surface area contributed by atoms with Gasteiger partial charge >= 0.3 is 5.97 Å². The van der Waals surface area contributed by atoms with E-state index in [1.807, 2.05) is 0 Å². The Bertz CT molecular complexity index is 721. The van der Waals surface area contributed by atoms with Gasteiger partial charge in [0.05, 0.1) is 6.42 Å². The molecular weight excluding hydrogens is 303 g/mol. The Hall–Kier alpha value is -1.85. The number of carboxylic acids is 1. The van der Waals surface area contributed by atoms with Crippen LogP contribution in [0.5, 0.6) is 0 Å². The Labute approximate surface area is 124 Å². The van der Waals surface area contributed by atoms with Crippen molar-refractivity contribution in [3.8, 4) is 11.4 Å². The number of carbonyl (C=O) groups is 1. The second-order valence-corrected chi connectivity index (χ2v) is 5.08. The van der Waals surface area contributed by atoms with Crippen molar-refractivity contribution < 1.29 is 9.90 Å². The normalized spacial score (nSPS) is 10.6. The van der Waals surface area contributed by atoms with Crippen molar-refractivity contribution in [1.29, 1.82) is 0 Å². The van der Waals surface area contributed by atoms with Crippen LogP contribution in [0.15, 0.2) is 23.0 Å². The van der Waals surface area contributed by atoms with Crippen LogP contribution < -0.4 is 5.56 Å². The molecule has 0 amide bonds. The number of aliphatic carboxylic acids is 1. The number of rotatable bonds is 3. The summed E-state index contributed by atoms with van der Waals surface area (Å²) in [5.74, 6) is -0.787. The lowest BCUT2D eigenvalue weighted by Gasteiger charge is -2.07. The highest BCUT2D eigenvalue weighted by Gasteiger charge is 2.13. The van der Waals surface area contributed by atoms with Gasteiger partial charge in [-0.1, -0.05) is 23.2 Å². The Balaban J connectivity index is 2.54. The molecule has 0 saturated carbocycles. The molecule has 20 heavy (non-hydrogen) atoms. The molecule has 0 saturated heterocycles. The third-order valence-corrected chi connectivity index (χ3v) is 3.12. The second-order valence-electron chi connectivity index (χ2n) is 4.21. The van der Waals surface area contributed by atoms with Gasteiger partial charge in [-0.05, 0) is 25.1 Å². The van der Waals surface area contributed by atoms with Gasteiger partial charge in [-0.2, -0.15) is 0 Å². The summed E-state index contributed by atoms with van der Waals surface area (Å²) < 4.78 is 0. The lowest BCUT2D eigenvalue weighted by molar-refractivity contribution is -0.136. The molecule has 0 aliphatic rings. The van der Waals surface area contributed by atoms with E-state index in [4.69, 9.17) is 28.3 Å². The van der Waals surface area contributed by atoms with Crippen LogP contribution in [0.3, 0.4) is 0 Å². The van der Waals surface area contributed by atoms with Gasteiger partial charge in [-0.25, -0.2) is 4.98 Å². The molecule has 104 valence electrons. The van der Waals surface area contributed by atoms with Gasteiger partial charge in [0.15, 0.2) is 0 Å². The average molecular weight is 313 g/mol. The highest BCUT2D eigenvalue weighted by atomic mass is 35.5. The molecule has 0 bridgehead atoms. The molecule has 0 fully saturated rings. The number of halogens is 2.